The van der Waals surface area contributed by atoms with Crippen LogP contribution in [0.2, 0.25) is 0 Å². The first-order chi connectivity index (χ1) is 7.65. The van der Waals surface area contributed by atoms with Gasteiger partial charge in [0.2, 0.25) is 0 Å². The highest BCUT2D eigenvalue weighted by Gasteiger charge is 2.17. The maximum absolute atomic E-state index is 12.0. The monoisotopic (exact) mass is 220 g/mol. The van der Waals surface area contributed by atoms with Crippen LogP contribution in [0, 0.1) is 0 Å². The number of carbonyl (C=O) groups is 1. The summed E-state index contributed by atoms with van der Waals surface area (Å²) in [7, 11) is 1.64. The molecule has 0 aliphatic carbocycles. The van der Waals surface area contributed by atoms with E-state index in [0.717, 1.165) is 11.3 Å². The zero-order chi connectivity index (χ0) is 12.1. The van der Waals surface area contributed by atoms with Crippen LogP contribution < -0.4 is 0 Å². The lowest BCUT2D eigenvalue weighted by atomic mass is 10.1. The summed E-state index contributed by atoms with van der Waals surface area (Å²) in [6.07, 6.45) is 4.89. The van der Waals surface area contributed by atoms with Crippen molar-refractivity contribution in [2.45, 2.75) is 0 Å². The molecule has 0 saturated heterocycles. The summed E-state index contributed by atoms with van der Waals surface area (Å²) < 4.78 is 0. The van der Waals surface area contributed by atoms with Crippen LogP contribution >= 0.6 is 0 Å². The van der Waals surface area contributed by atoms with Crippen molar-refractivity contribution in [3.05, 3.63) is 36.2 Å². The number of amides is 1. The minimum Gasteiger partial charge on any atom is -0.395 e. The second-order valence-electron chi connectivity index (χ2n) is 3.39. The average molecular weight is 220 g/mol. The quantitative estimate of drug-likeness (QED) is 0.787. The third kappa shape index (κ3) is 2.23. The molecule has 1 heterocycles. The predicted octanol–water partition coefficient (Wildman–Crippen LogP) is 1.36. The molecule has 0 spiro atoms. The molecular weight excluding hydrogens is 204 g/mol. The van der Waals surface area contributed by atoms with Gasteiger partial charge in [-0.3, -0.25) is 4.79 Å². The number of aromatic amines is 1. The highest BCUT2D eigenvalue weighted by atomic mass is 16.3. The second kappa shape index (κ2) is 5.32. The normalized spacial score (nSPS) is 9.88. The summed E-state index contributed by atoms with van der Waals surface area (Å²) in [5.74, 6) is -0.145. The van der Waals surface area contributed by atoms with Gasteiger partial charge in [0, 0.05) is 31.0 Å². The third-order valence-electron chi connectivity index (χ3n) is 2.37. The van der Waals surface area contributed by atoms with Crippen molar-refractivity contribution in [2.24, 2.45) is 0 Å². The number of hydrogen-bond acceptors (Lipinski definition) is 2. The number of carbonyl (C=O) groups excluding carboxylic acids is 1. The number of aromatic nitrogens is 1. The number of nitrogens with zero attached hydrogens (tertiary/aromatic N) is 1. The molecular formula is C12H16N2O2. The lowest BCUT2D eigenvalue weighted by Crippen LogP contribution is -2.29. The molecule has 0 bridgehead atoms. The molecule has 0 aliphatic rings. The fourth-order valence-electron chi connectivity index (χ4n) is 1.47. The number of likely N-dealkylation sites (N-methyl/N-ethyl adjacent to an activating group) is 1. The van der Waals surface area contributed by atoms with Crippen LogP contribution in [0.15, 0.2) is 19.4 Å². The van der Waals surface area contributed by atoms with E-state index in [-0.39, 0.29) is 12.5 Å². The van der Waals surface area contributed by atoms with E-state index in [1.54, 1.807) is 25.4 Å². The van der Waals surface area contributed by atoms with Gasteiger partial charge < -0.3 is 15.0 Å². The molecule has 1 amide bonds. The Morgan fingerprint density at radius 2 is 2.25 bits per heavy atom. The van der Waals surface area contributed by atoms with Crippen LogP contribution in [0.1, 0.15) is 21.6 Å². The van der Waals surface area contributed by atoms with Gasteiger partial charge in [0.15, 0.2) is 0 Å². The van der Waals surface area contributed by atoms with Gasteiger partial charge in [-0.05, 0) is 6.08 Å². The fourth-order valence-corrected chi connectivity index (χ4v) is 1.47. The summed E-state index contributed by atoms with van der Waals surface area (Å²) >= 11 is 0. The van der Waals surface area contributed by atoms with Crippen molar-refractivity contribution in [3.8, 4) is 0 Å². The maximum Gasteiger partial charge on any atom is 0.255 e. The highest BCUT2D eigenvalue weighted by Crippen LogP contribution is 2.18. The Balaban J connectivity index is 3.03. The van der Waals surface area contributed by atoms with Crippen molar-refractivity contribution in [3.63, 3.8) is 0 Å². The Morgan fingerprint density at radius 1 is 1.56 bits per heavy atom. The zero-order valence-electron chi connectivity index (χ0n) is 9.36. The Kier molecular flexibility index (Phi) is 4.08. The number of H-pyrrole nitrogens is 1. The third-order valence-corrected chi connectivity index (χ3v) is 2.37. The standard InChI is InChI=1S/C12H16N2O2/c1-4-9-10(8-13-11(9)5-2)12(16)14(3)6-7-15/h4-5,8,13,15H,1-2,6-7H2,3H3. The van der Waals surface area contributed by atoms with E-state index < -0.39 is 0 Å². The molecule has 0 saturated carbocycles. The molecule has 1 rings (SSSR count). The van der Waals surface area contributed by atoms with Gasteiger partial charge in [-0.2, -0.15) is 0 Å². The molecule has 0 aromatic carbocycles. The minimum absolute atomic E-state index is 0.0512. The molecule has 2 N–H and O–H groups in total. The Morgan fingerprint density at radius 3 is 2.75 bits per heavy atom. The van der Waals surface area contributed by atoms with Crippen molar-refractivity contribution in [1.82, 2.24) is 9.88 Å². The molecule has 1 aromatic rings. The first kappa shape index (κ1) is 12.3. The lowest BCUT2D eigenvalue weighted by Gasteiger charge is -2.15. The van der Waals surface area contributed by atoms with Gasteiger partial charge in [-0.25, -0.2) is 0 Å². The molecule has 4 heteroatoms. The largest absolute Gasteiger partial charge is 0.395 e. The van der Waals surface area contributed by atoms with Gasteiger partial charge >= 0.3 is 0 Å². The SMILES string of the molecule is C=Cc1[nH]cc(C(=O)N(C)CCO)c1C=C. The smallest absolute Gasteiger partial charge is 0.255 e. The van der Waals surface area contributed by atoms with Crippen LogP contribution in [0.3, 0.4) is 0 Å². The molecule has 0 atom stereocenters. The van der Waals surface area contributed by atoms with E-state index in [1.807, 2.05) is 0 Å². The van der Waals surface area contributed by atoms with Gasteiger partial charge in [0.1, 0.15) is 0 Å². The summed E-state index contributed by atoms with van der Waals surface area (Å²) in [4.78, 5) is 16.4. The van der Waals surface area contributed by atoms with E-state index in [2.05, 4.69) is 18.1 Å². The second-order valence-corrected chi connectivity index (χ2v) is 3.39. The molecule has 4 nitrogen and oxygen atoms in total. The number of nitrogens with one attached hydrogen (secondary N) is 1. The van der Waals surface area contributed by atoms with Gasteiger partial charge in [-0.15, -0.1) is 0 Å². The summed E-state index contributed by atoms with van der Waals surface area (Å²) in [5, 5.41) is 8.77. The van der Waals surface area contributed by atoms with Crippen LogP contribution in [-0.4, -0.2) is 41.1 Å². The predicted molar refractivity (Wildman–Crippen MR) is 65.0 cm³/mol. The molecule has 0 fully saturated rings. The Bertz CT molecular complexity index is 407. The van der Waals surface area contributed by atoms with E-state index in [9.17, 15) is 4.79 Å². The number of aliphatic hydroxyl groups excluding tert-OH is 1. The fraction of sp³-hybridized carbons (Fsp3) is 0.250. The summed E-state index contributed by atoms with van der Waals surface area (Å²) in [6.45, 7) is 7.58. The Labute approximate surface area is 94.9 Å². The van der Waals surface area contributed by atoms with Gasteiger partial charge in [0.25, 0.3) is 5.91 Å². The first-order valence-electron chi connectivity index (χ1n) is 4.98. The highest BCUT2D eigenvalue weighted by molar-refractivity contribution is 5.98. The first-order valence-corrected chi connectivity index (χ1v) is 4.98. The van der Waals surface area contributed by atoms with E-state index >= 15 is 0 Å². The van der Waals surface area contributed by atoms with Crippen LogP contribution in [0.4, 0.5) is 0 Å². The van der Waals surface area contributed by atoms with E-state index in [4.69, 9.17) is 5.11 Å². The lowest BCUT2D eigenvalue weighted by molar-refractivity contribution is 0.0767. The van der Waals surface area contributed by atoms with Crippen molar-refractivity contribution in [1.29, 1.82) is 0 Å². The summed E-state index contributed by atoms with van der Waals surface area (Å²) in [5.41, 5.74) is 2.06. The zero-order valence-corrected chi connectivity index (χ0v) is 9.36. The van der Waals surface area contributed by atoms with E-state index in [0.29, 0.717) is 12.1 Å². The molecule has 0 unspecified atom stereocenters. The Hall–Kier alpha value is -1.81. The number of hydrogen-bond donors (Lipinski definition) is 2. The van der Waals surface area contributed by atoms with Crippen molar-refractivity contribution >= 4 is 18.1 Å². The van der Waals surface area contributed by atoms with E-state index in [1.165, 1.54) is 4.90 Å². The minimum atomic E-state index is -0.145. The average Bonchev–Trinajstić information content (AvgIpc) is 2.70. The van der Waals surface area contributed by atoms with Gasteiger partial charge in [0.05, 0.1) is 12.2 Å². The molecule has 1 aromatic heterocycles. The molecule has 0 aliphatic heterocycles. The number of aliphatic hydroxyl groups is 1. The number of rotatable bonds is 5. The van der Waals surface area contributed by atoms with Crippen molar-refractivity contribution in [2.75, 3.05) is 20.2 Å². The van der Waals surface area contributed by atoms with Crippen LogP contribution in [0.25, 0.3) is 12.2 Å². The van der Waals surface area contributed by atoms with Gasteiger partial charge in [-0.1, -0.05) is 19.2 Å². The molecule has 16 heavy (non-hydrogen) atoms. The topological polar surface area (TPSA) is 56.3 Å². The summed E-state index contributed by atoms with van der Waals surface area (Å²) in [6, 6.07) is 0. The van der Waals surface area contributed by atoms with Crippen LogP contribution in [-0.2, 0) is 0 Å². The molecule has 0 radical (unpaired) electrons. The maximum atomic E-state index is 12.0. The molecule has 86 valence electrons. The van der Waals surface area contributed by atoms with Crippen LogP contribution in [0.5, 0.6) is 0 Å². The van der Waals surface area contributed by atoms with Crippen molar-refractivity contribution < 1.29 is 9.90 Å².